The average Bonchev–Trinajstić information content (AvgIpc) is 2.84. The number of nitrogens with zero attached hydrogens (tertiary/aromatic N) is 4. The number of anilines is 1. The van der Waals surface area contributed by atoms with Crippen LogP contribution in [0, 0.1) is 5.41 Å². The van der Waals surface area contributed by atoms with E-state index in [9.17, 15) is 13.2 Å². The molecule has 1 fully saturated rings. The third-order valence-electron chi connectivity index (χ3n) is 4.22. The van der Waals surface area contributed by atoms with Crippen LogP contribution in [-0.2, 0) is 6.18 Å². The summed E-state index contributed by atoms with van der Waals surface area (Å²) in [4.78, 5) is 0. The fourth-order valence-electron chi connectivity index (χ4n) is 2.77. The second-order valence-electron chi connectivity index (χ2n) is 5.69. The first kappa shape index (κ1) is 15.0. The number of aromatic nitrogens is 4. The van der Waals surface area contributed by atoms with Crippen LogP contribution in [0.4, 0.5) is 19.0 Å². The largest absolute Gasteiger partial charge is 0.453 e. The molecule has 2 aromatic heterocycles. The molecule has 1 aliphatic rings. The molecule has 1 saturated carbocycles. The zero-order valence-electron chi connectivity index (χ0n) is 11.8. The predicted molar refractivity (Wildman–Crippen MR) is 72.3 cm³/mol. The minimum atomic E-state index is -4.60. The van der Waals surface area contributed by atoms with E-state index in [0.717, 1.165) is 19.3 Å². The smallest absolute Gasteiger partial charge is 0.396 e. The quantitative estimate of drug-likeness (QED) is 0.884. The van der Waals surface area contributed by atoms with E-state index >= 15 is 0 Å². The van der Waals surface area contributed by atoms with Gasteiger partial charge in [0.05, 0.1) is 0 Å². The summed E-state index contributed by atoms with van der Waals surface area (Å²) in [7, 11) is 0. The molecular weight excluding hydrogens is 299 g/mol. The monoisotopic (exact) mass is 315 g/mol. The summed E-state index contributed by atoms with van der Waals surface area (Å²) in [5.41, 5.74) is 0.0670. The van der Waals surface area contributed by atoms with E-state index in [4.69, 9.17) is 5.11 Å². The number of halogens is 3. The Morgan fingerprint density at radius 1 is 1.27 bits per heavy atom. The van der Waals surface area contributed by atoms with Gasteiger partial charge in [-0.25, -0.2) is 0 Å². The van der Waals surface area contributed by atoms with Crippen LogP contribution < -0.4 is 5.32 Å². The van der Waals surface area contributed by atoms with Crippen LogP contribution in [0.2, 0.25) is 0 Å². The van der Waals surface area contributed by atoms with Gasteiger partial charge in [0.2, 0.25) is 0 Å². The zero-order chi connectivity index (χ0) is 15.8. The van der Waals surface area contributed by atoms with E-state index in [1.165, 1.54) is 6.07 Å². The lowest BCUT2D eigenvalue weighted by Gasteiger charge is -2.41. The molecule has 3 rings (SSSR count). The summed E-state index contributed by atoms with van der Waals surface area (Å²) in [5.74, 6) is -0.804. The van der Waals surface area contributed by atoms with Crippen LogP contribution in [0.15, 0.2) is 12.1 Å². The first-order valence-electron chi connectivity index (χ1n) is 7.08. The average molecular weight is 315 g/mol. The number of nitrogens with one attached hydrogen (secondary N) is 1. The summed E-state index contributed by atoms with van der Waals surface area (Å²) in [6.07, 6.45) is -0.802. The van der Waals surface area contributed by atoms with Gasteiger partial charge in [-0.2, -0.15) is 17.7 Å². The van der Waals surface area contributed by atoms with Crippen molar-refractivity contribution in [1.29, 1.82) is 0 Å². The number of aliphatic hydroxyl groups excluding tert-OH is 1. The Balaban J connectivity index is 1.80. The number of fused-ring (bicyclic) bond motifs is 1. The van der Waals surface area contributed by atoms with Gasteiger partial charge in [-0.05, 0) is 36.8 Å². The van der Waals surface area contributed by atoms with E-state index in [1.54, 1.807) is 6.07 Å². The molecule has 0 amide bonds. The van der Waals surface area contributed by atoms with Gasteiger partial charge in [0.15, 0.2) is 5.65 Å². The third kappa shape index (κ3) is 2.72. The second-order valence-corrected chi connectivity index (χ2v) is 5.69. The van der Waals surface area contributed by atoms with E-state index in [2.05, 4.69) is 20.6 Å². The SMILES string of the molecule is OCCC1(CNc2ccc3nnc(C(F)(F)F)n3n2)CCC1. The van der Waals surface area contributed by atoms with Gasteiger partial charge >= 0.3 is 6.18 Å². The maximum atomic E-state index is 12.8. The van der Waals surface area contributed by atoms with Gasteiger partial charge in [-0.3, -0.25) is 0 Å². The fourth-order valence-corrected chi connectivity index (χ4v) is 2.77. The van der Waals surface area contributed by atoms with Gasteiger partial charge in [-0.15, -0.1) is 15.3 Å². The minimum absolute atomic E-state index is 0.0193. The van der Waals surface area contributed by atoms with E-state index < -0.39 is 12.0 Å². The van der Waals surface area contributed by atoms with E-state index in [0.29, 0.717) is 23.3 Å². The van der Waals surface area contributed by atoms with Gasteiger partial charge in [0, 0.05) is 13.2 Å². The molecule has 0 atom stereocenters. The number of alkyl halides is 3. The Morgan fingerprint density at radius 2 is 2.05 bits per heavy atom. The molecule has 0 unspecified atom stereocenters. The molecule has 120 valence electrons. The number of aliphatic hydroxyl groups is 1. The molecule has 2 heterocycles. The van der Waals surface area contributed by atoms with Crippen LogP contribution in [-0.4, -0.2) is 38.1 Å². The Labute approximate surface area is 124 Å². The molecule has 0 saturated heterocycles. The maximum absolute atomic E-state index is 12.8. The number of hydrogen-bond donors (Lipinski definition) is 2. The summed E-state index contributed by atoms with van der Waals surface area (Å²) in [5, 5.41) is 22.7. The predicted octanol–water partition coefficient (Wildman–Crippen LogP) is 2.11. The molecule has 1 aliphatic carbocycles. The van der Waals surface area contributed by atoms with Crippen LogP contribution >= 0.6 is 0 Å². The summed E-state index contributed by atoms with van der Waals surface area (Å²) < 4.78 is 39.1. The van der Waals surface area contributed by atoms with Crippen LogP contribution in [0.25, 0.3) is 5.65 Å². The van der Waals surface area contributed by atoms with Crippen molar-refractivity contribution in [2.24, 2.45) is 5.41 Å². The van der Waals surface area contributed by atoms with Crippen LogP contribution in [0.5, 0.6) is 0 Å². The highest BCUT2D eigenvalue weighted by atomic mass is 19.4. The van der Waals surface area contributed by atoms with Gasteiger partial charge < -0.3 is 10.4 Å². The van der Waals surface area contributed by atoms with Gasteiger partial charge in [-0.1, -0.05) is 6.42 Å². The maximum Gasteiger partial charge on any atom is 0.453 e. The lowest BCUT2D eigenvalue weighted by molar-refractivity contribution is -0.146. The fraction of sp³-hybridized carbons (Fsp3) is 0.615. The first-order valence-corrected chi connectivity index (χ1v) is 7.08. The summed E-state index contributed by atoms with van der Waals surface area (Å²) in [6, 6.07) is 3.02. The second kappa shape index (κ2) is 5.38. The topological polar surface area (TPSA) is 75.3 Å². The van der Waals surface area contributed by atoms with Crippen molar-refractivity contribution < 1.29 is 18.3 Å². The molecule has 0 spiro atoms. The lowest BCUT2D eigenvalue weighted by Crippen LogP contribution is -2.37. The standard InChI is InChI=1S/C13H16F3N5O/c14-13(15,16)11-19-18-10-3-2-9(20-21(10)11)17-8-12(6-7-22)4-1-5-12/h2-3,22H,1,4-8H2,(H,17,20). The molecular formula is C13H16F3N5O. The van der Waals surface area contributed by atoms with Crippen molar-refractivity contribution in [3.05, 3.63) is 18.0 Å². The molecule has 6 nitrogen and oxygen atoms in total. The van der Waals surface area contributed by atoms with Crippen LogP contribution in [0.1, 0.15) is 31.5 Å². The highest BCUT2D eigenvalue weighted by molar-refractivity contribution is 5.44. The van der Waals surface area contributed by atoms with Crippen molar-refractivity contribution in [2.45, 2.75) is 31.9 Å². The van der Waals surface area contributed by atoms with Gasteiger partial charge in [0.25, 0.3) is 5.82 Å². The van der Waals surface area contributed by atoms with Crippen molar-refractivity contribution >= 4 is 11.5 Å². The summed E-state index contributed by atoms with van der Waals surface area (Å²) in [6.45, 7) is 0.688. The molecule has 2 N–H and O–H groups in total. The Kier molecular flexibility index (Phi) is 3.67. The molecule has 9 heteroatoms. The van der Waals surface area contributed by atoms with Crippen molar-refractivity contribution in [3.8, 4) is 0 Å². The van der Waals surface area contributed by atoms with E-state index in [1.807, 2.05) is 0 Å². The zero-order valence-corrected chi connectivity index (χ0v) is 11.8. The third-order valence-corrected chi connectivity index (χ3v) is 4.22. The normalized spacial score (nSPS) is 17.5. The number of rotatable bonds is 5. The van der Waals surface area contributed by atoms with Crippen molar-refractivity contribution in [2.75, 3.05) is 18.5 Å². The first-order chi connectivity index (χ1) is 10.4. The molecule has 0 bridgehead atoms. The van der Waals surface area contributed by atoms with Gasteiger partial charge in [0.1, 0.15) is 5.82 Å². The molecule has 0 radical (unpaired) electrons. The van der Waals surface area contributed by atoms with E-state index in [-0.39, 0.29) is 17.7 Å². The molecule has 22 heavy (non-hydrogen) atoms. The molecule has 0 aliphatic heterocycles. The van der Waals surface area contributed by atoms with Crippen molar-refractivity contribution in [3.63, 3.8) is 0 Å². The molecule has 2 aromatic rings. The minimum Gasteiger partial charge on any atom is -0.396 e. The highest BCUT2D eigenvalue weighted by Crippen LogP contribution is 2.43. The summed E-state index contributed by atoms with van der Waals surface area (Å²) >= 11 is 0. The molecule has 0 aromatic carbocycles. The lowest BCUT2D eigenvalue weighted by atomic mass is 9.67. The Bertz CT molecular complexity index is 665. The van der Waals surface area contributed by atoms with Crippen molar-refractivity contribution in [1.82, 2.24) is 19.8 Å². The number of hydrogen-bond acceptors (Lipinski definition) is 5. The Morgan fingerprint density at radius 3 is 2.64 bits per heavy atom. The Hall–Kier alpha value is -1.90. The highest BCUT2D eigenvalue weighted by Gasteiger charge is 2.38. The van der Waals surface area contributed by atoms with Crippen LogP contribution in [0.3, 0.4) is 0 Å².